The molecule has 1 aromatic heterocycles. The smallest absolute Gasteiger partial charge is 0.259 e. The molecular formula is C28H24N4O4S. The molecule has 9 heteroatoms. The number of fused-ring (bicyclic) bond motifs is 12. The minimum Gasteiger partial charge on any atom is -0.321 e. The van der Waals surface area contributed by atoms with Gasteiger partial charge < -0.3 is 14.2 Å². The van der Waals surface area contributed by atoms with Gasteiger partial charge in [-0.05, 0) is 24.6 Å². The highest BCUT2D eigenvalue weighted by molar-refractivity contribution is 8.13. The lowest BCUT2D eigenvalue weighted by Crippen LogP contribution is -2.58. The molecule has 186 valence electrons. The van der Waals surface area contributed by atoms with Gasteiger partial charge in [-0.3, -0.25) is 25.4 Å². The van der Waals surface area contributed by atoms with E-state index < -0.39 is 17.5 Å². The molecule has 5 aliphatic rings. The third-order valence-electron chi connectivity index (χ3n) is 8.88. The van der Waals surface area contributed by atoms with Gasteiger partial charge in [-0.1, -0.05) is 48.2 Å². The maximum atomic E-state index is 13.5. The Hall–Kier alpha value is -3.40. The number of imide groups is 1. The van der Waals surface area contributed by atoms with Gasteiger partial charge in [0.25, 0.3) is 11.8 Å². The SMILES string of the molecule is CC(=O)SC[C@H]1C[C@]2(N)O[C@H]1n1c3c(c4ccccc41)C1=C(C(=O)NC1=O)C1(C)c4ccccc4N2C31. The molecular weight excluding hydrogens is 488 g/mol. The number of anilines is 1. The number of nitrogens with one attached hydrogen (secondary N) is 1. The summed E-state index contributed by atoms with van der Waals surface area (Å²) in [5, 5.41) is 3.56. The molecule has 37 heavy (non-hydrogen) atoms. The van der Waals surface area contributed by atoms with Crippen molar-refractivity contribution in [2.24, 2.45) is 11.7 Å². The molecule has 8 rings (SSSR count). The standard InChI is InChI=1S/C28H24N4O4S/c1-13(33)37-12-14-11-28(29)32-18-10-6-4-8-16(18)27(2)21-20(24(34)30-25(21)35)19-15-7-3-5-9-17(15)31(26(14)36-28)22(19)23(27)32/h3-10,14,23,26H,11-12,29H2,1-2H3,(H,30,34,35)/t14-,23?,26-,27?,28-/m1/s1. The third-order valence-corrected chi connectivity index (χ3v) is 9.88. The Labute approximate surface area is 216 Å². The summed E-state index contributed by atoms with van der Waals surface area (Å²) in [5.41, 5.74) is 11.8. The fourth-order valence-corrected chi connectivity index (χ4v) is 8.38. The van der Waals surface area contributed by atoms with E-state index in [-0.39, 0.29) is 28.9 Å². The van der Waals surface area contributed by atoms with E-state index in [1.807, 2.05) is 48.5 Å². The van der Waals surface area contributed by atoms with Gasteiger partial charge in [-0.25, -0.2) is 0 Å². The summed E-state index contributed by atoms with van der Waals surface area (Å²) in [7, 11) is 0. The minimum absolute atomic E-state index is 0.0341. The molecule has 0 radical (unpaired) electrons. The van der Waals surface area contributed by atoms with Gasteiger partial charge in [0, 0.05) is 47.2 Å². The number of carbonyl (C=O) groups is 3. The zero-order chi connectivity index (χ0) is 25.4. The van der Waals surface area contributed by atoms with E-state index >= 15 is 0 Å². The first-order chi connectivity index (χ1) is 17.8. The highest BCUT2D eigenvalue weighted by atomic mass is 32.2. The van der Waals surface area contributed by atoms with E-state index in [9.17, 15) is 14.4 Å². The lowest BCUT2D eigenvalue weighted by atomic mass is 9.65. The summed E-state index contributed by atoms with van der Waals surface area (Å²) in [6.45, 7) is 3.63. The van der Waals surface area contributed by atoms with Crippen molar-refractivity contribution in [2.45, 2.75) is 43.8 Å². The summed E-state index contributed by atoms with van der Waals surface area (Å²) in [6, 6.07) is 15.6. The molecule has 0 saturated carbocycles. The molecule has 2 bridgehead atoms. The molecule has 1 aliphatic carbocycles. The summed E-state index contributed by atoms with van der Waals surface area (Å²) in [6.07, 6.45) is 0.104. The lowest BCUT2D eigenvalue weighted by Gasteiger charge is -2.45. The first kappa shape index (κ1) is 21.7. The molecule has 5 atom stereocenters. The lowest BCUT2D eigenvalue weighted by molar-refractivity contribution is -0.124. The van der Waals surface area contributed by atoms with Crippen LogP contribution in [0.25, 0.3) is 16.5 Å². The maximum absolute atomic E-state index is 13.5. The number of amides is 2. The van der Waals surface area contributed by atoms with Crippen LogP contribution in [0.15, 0.2) is 54.1 Å². The molecule has 5 heterocycles. The number of aromatic nitrogens is 1. The van der Waals surface area contributed by atoms with Crippen LogP contribution >= 0.6 is 11.8 Å². The number of benzene rings is 2. The molecule has 1 fully saturated rings. The molecule has 4 aliphatic heterocycles. The molecule has 0 spiro atoms. The number of carbonyl (C=O) groups excluding carboxylic acids is 3. The summed E-state index contributed by atoms with van der Waals surface area (Å²) in [4.78, 5) is 41.0. The van der Waals surface area contributed by atoms with Crippen molar-refractivity contribution in [1.29, 1.82) is 0 Å². The van der Waals surface area contributed by atoms with E-state index in [1.54, 1.807) is 6.92 Å². The number of hydrogen-bond acceptors (Lipinski definition) is 7. The van der Waals surface area contributed by atoms with Gasteiger partial charge in [0.2, 0.25) is 0 Å². The van der Waals surface area contributed by atoms with Crippen molar-refractivity contribution >= 4 is 50.9 Å². The van der Waals surface area contributed by atoms with Crippen molar-refractivity contribution in [2.75, 3.05) is 10.7 Å². The quantitative estimate of drug-likeness (QED) is 0.508. The predicted molar refractivity (Wildman–Crippen MR) is 139 cm³/mol. The largest absolute Gasteiger partial charge is 0.321 e. The topological polar surface area (TPSA) is 107 Å². The van der Waals surface area contributed by atoms with Crippen LogP contribution in [0.1, 0.15) is 49.4 Å². The Morgan fingerprint density at radius 3 is 2.73 bits per heavy atom. The first-order valence-electron chi connectivity index (χ1n) is 12.5. The average Bonchev–Trinajstić information content (AvgIpc) is 3.52. The zero-order valence-corrected chi connectivity index (χ0v) is 21.1. The minimum atomic E-state index is -1.15. The molecule has 8 nitrogen and oxygen atoms in total. The van der Waals surface area contributed by atoms with Crippen LogP contribution in [-0.2, 0) is 24.5 Å². The summed E-state index contributed by atoms with van der Waals surface area (Å²) in [5.74, 6) is -1.33. The second-order valence-electron chi connectivity index (χ2n) is 10.8. The second-order valence-corrected chi connectivity index (χ2v) is 12.0. The Morgan fingerprint density at radius 1 is 1.16 bits per heavy atom. The van der Waals surface area contributed by atoms with Gasteiger partial charge in [0.1, 0.15) is 6.23 Å². The molecule has 2 aromatic carbocycles. The highest BCUT2D eigenvalue weighted by Gasteiger charge is 2.67. The molecule has 2 unspecified atom stereocenters. The Morgan fingerprint density at radius 2 is 1.92 bits per heavy atom. The molecule has 1 saturated heterocycles. The van der Waals surface area contributed by atoms with Gasteiger partial charge in [-0.15, -0.1) is 0 Å². The number of para-hydroxylation sites is 2. The maximum Gasteiger partial charge on any atom is 0.259 e. The first-order valence-corrected chi connectivity index (χ1v) is 13.5. The van der Waals surface area contributed by atoms with Crippen LogP contribution in [0.3, 0.4) is 0 Å². The van der Waals surface area contributed by atoms with Crippen molar-refractivity contribution in [3.8, 4) is 0 Å². The van der Waals surface area contributed by atoms with Gasteiger partial charge >= 0.3 is 0 Å². The normalized spacial score (nSPS) is 32.4. The van der Waals surface area contributed by atoms with E-state index in [1.165, 1.54) is 11.8 Å². The van der Waals surface area contributed by atoms with Crippen molar-refractivity contribution in [3.05, 3.63) is 70.9 Å². The van der Waals surface area contributed by atoms with Crippen LogP contribution in [0, 0.1) is 5.92 Å². The van der Waals surface area contributed by atoms with E-state index in [0.29, 0.717) is 23.3 Å². The number of ether oxygens (including phenoxy) is 1. The summed E-state index contributed by atoms with van der Waals surface area (Å²) >= 11 is 1.29. The van der Waals surface area contributed by atoms with Gasteiger partial charge in [0.05, 0.1) is 28.2 Å². The number of nitrogens with two attached hydrogens (primary N) is 1. The van der Waals surface area contributed by atoms with Crippen LogP contribution in [-0.4, -0.2) is 33.1 Å². The molecule has 3 aromatic rings. The molecule has 2 amide bonds. The molecule has 3 N–H and O–H groups in total. The summed E-state index contributed by atoms with van der Waals surface area (Å²) < 4.78 is 9.02. The van der Waals surface area contributed by atoms with Gasteiger partial charge in [0.15, 0.2) is 11.0 Å². The number of nitrogens with zero attached hydrogens (tertiary/aromatic N) is 2. The average molecular weight is 513 g/mol. The van der Waals surface area contributed by atoms with Crippen LogP contribution in [0.4, 0.5) is 5.69 Å². The van der Waals surface area contributed by atoms with Crippen LogP contribution in [0.2, 0.25) is 0 Å². The monoisotopic (exact) mass is 512 g/mol. The fraction of sp³-hybridized carbons (Fsp3) is 0.321. The number of thioether (sulfide) groups is 1. The Bertz CT molecular complexity index is 1660. The van der Waals surface area contributed by atoms with Crippen molar-refractivity contribution in [1.82, 2.24) is 9.88 Å². The van der Waals surface area contributed by atoms with E-state index in [0.717, 1.165) is 33.4 Å². The highest BCUT2D eigenvalue weighted by Crippen LogP contribution is 2.67. The second kappa shape index (κ2) is 6.72. The fourth-order valence-electron chi connectivity index (χ4n) is 7.65. The van der Waals surface area contributed by atoms with Crippen molar-refractivity contribution in [3.63, 3.8) is 0 Å². The third kappa shape index (κ3) is 2.37. The van der Waals surface area contributed by atoms with Crippen molar-refractivity contribution < 1.29 is 19.1 Å². The van der Waals surface area contributed by atoms with Gasteiger partial charge in [-0.2, -0.15) is 0 Å². The Kier molecular flexibility index (Phi) is 3.93. The number of rotatable bonds is 2. The van der Waals surface area contributed by atoms with Crippen LogP contribution in [0.5, 0.6) is 0 Å². The Balaban J connectivity index is 1.53. The predicted octanol–water partition coefficient (Wildman–Crippen LogP) is 3.32. The van der Waals surface area contributed by atoms with Crippen LogP contribution < -0.4 is 16.0 Å². The number of hydrogen-bond donors (Lipinski definition) is 2. The zero-order valence-electron chi connectivity index (χ0n) is 20.3. The van der Waals surface area contributed by atoms with E-state index in [4.69, 9.17) is 10.5 Å². The van der Waals surface area contributed by atoms with E-state index in [2.05, 4.69) is 21.7 Å².